The molecule has 2 aromatic heterocycles. The van der Waals surface area contributed by atoms with Gasteiger partial charge in [0.2, 0.25) is 0 Å². The van der Waals surface area contributed by atoms with E-state index in [-0.39, 0.29) is 11.6 Å². The van der Waals surface area contributed by atoms with Crippen molar-refractivity contribution in [3.63, 3.8) is 0 Å². The third kappa shape index (κ3) is 1.26. The Hall–Kier alpha value is -1.79. The number of aryl methyl sites for hydroxylation is 1. The van der Waals surface area contributed by atoms with Crippen LogP contribution in [0.5, 0.6) is 0 Å². The number of halogens is 2. The zero-order valence-corrected chi connectivity index (χ0v) is 7.22. The molecule has 0 unspecified atom stereocenters. The van der Waals surface area contributed by atoms with Crippen molar-refractivity contribution in [1.29, 1.82) is 0 Å². The Morgan fingerprint density at radius 2 is 2.29 bits per heavy atom. The Morgan fingerprint density at radius 3 is 2.86 bits per heavy atom. The van der Waals surface area contributed by atoms with Gasteiger partial charge in [0, 0.05) is 13.1 Å². The molecule has 0 bridgehead atoms. The third-order valence-electron chi connectivity index (χ3n) is 1.70. The van der Waals surface area contributed by atoms with Gasteiger partial charge in [-0.25, -0.2) is 8.78 Å². The van der Waals surface area contributed by atoms with E-state index < -0.39 is 6.43 Å². The lowest BCUT2D eigenvalue weighted by Gasteiger charge is -2.03. The standard InChI is InChI=1S/C7H6F2N5/c1-13-4-10-12-7(13)14-5(6(8)9)2-3-11-14/h3-4,6H,1H3. The number of rotatable bonds is 2. The van der Waals surface area contributed by atoms with E-state index >= 15 is 0 Å². The third-order valence-corrected chi connectivity index (χ3v) is 1.70. The summed E-state index contributed by atoms with van der Waals surface area (Å²) in [6, 6.07) is 2.34. The molecule has 0 fully saturated rings. The molecule has 2 aromatic rings. The summed E-state index contributed by atoms with van der Waals surface area (Å²) in [6.07, 6.45) is -0.0446. The molecule has 14 heavy (non-hydrogen) atoms. The Labute approximate surface area is 78.0 Å². The van der Waals surface area contributed by atoms with E-state index in [0.717, 1.165) is 4.68 Å². The summed E-state index contributed by atoms with van der Waals surface area (Å²) in [4.78, 5) is 0. The van der Waals surface area contributed by atoms with E-state index in [9.17, 15) is 8.78 Å². The van der Waals surface area contributed by atoms with Crippen molar-refractivity contribution in [3.8, 4) is 5.95 Å². The molecule has 2 rings (SSSR count). The predicted molar refractivity (Wildman–Crippen MR) is 41.9 cm³/mol. The first-order chi connectivity index (χ1) is 6.70. The van der Waals surface area contributed by atoms with Crippen molar-refractivity contribution in [2.75, 3.05) is 0 Å². The van der Waals surface area contributed by atoms with Gasteiger partial charge in [-0.15, -0.1) is 10.2 Å². The molecule has 5 nitrogen and oxygen atoms in total. The first-order valence-corrected chi connectivity index (χ1v) is 3.78. The van der Waals surface area contributed by atoms with Crippen LogP contribution in [-0.2, 0) is 7.05 Å². The number of nitrogens with zero attached hydrogens (tertiary/aromatic N) is 5. The molecular weight excluding hydrogens is 192 g/mol. The van der Waals surface area contributed by atoms with Crippen molar-refractivity contribution in [2.24, 2.45) is 7.05 Å². The van der Waals surface area contributed by atoms with Crippen LogP contribution in [0.1, 0.15) is 12.1 Å². The summed E-state index contributed by atoms with van der Waals surface area (Å²) in [7, 11) is 1.65. The van der Waals surface area contributed by atoms with Crippen LogP contribution in [0, 0.1) is 6.07 Å². The quantitative estimate of drug-likeness (QED) is 0.715. The average molecular weight is 198 g/mol. The summed E-state index contributed by atoms with van der Waals surface area (Å²) >= 11 is 0. The molecule has 0 saturated heterocycles. The number of hydrogen-bond acceptors (Lipinski definition) is 3. The fraction of sp³-hybridized carbons (Fsp3) is 0.286. The van der Waals surface area contributed by atoms with Crippen molar-refractivity contribution in [1.82, 2.24) is 24.5 Å². The number of hydrogen-bond donors (Lipinski definition) is 0. The largest absolute Gasteiger partial charge is 0.301 e. The van der Waals surface area contributed by atoms with Gasteiger partial charge in [-0.2, -0.15) is 9.78 Å². The van der Waals surface area contributed by atoms with Crippen LogP contribution in [0.25, 0.3) is 5.95 Å². The monoisotopic (exact) mass is 198 g/mol. The van der Waals surface area contributed by atoms with Gasteiger partial charge in [0.1, 0.15) is 12.0 Å². The second-order valence-electron chi connectivity index (χ2n) is 2.63. The van der Waals surface area contributed by atoms with E-state index in [0.29, 0.717) is 0 Å². The van der Waals surface area contributed by atoms with Crippen LogP contribution in [0.4, 0.5) is 8.78 Å². The van der Waals surface area contributed by atoms with Gasteiger partial charge in [0.25, 0.3) is 12.4 Å². The molecule has 0 saturated carbocycles. The first kappa shape index (κ1) is 8.79. The summed E-state index contributed by atoms with van der Waals surface area (Å²) in [5.74, 6) is 0.238. The maximum atomic E-state index is 12.4. The molecule has 0 spiro atoms. The molecule has 0 aliphatic heterocycles. The molecular formula is C7H6F2N5. The fourth-order valence-electron chi connectivity index (χ4n) is 1.06. The number of alkyl halides is 2. The lowest BCUT2D eigenvalue weighted by atomic mass is 10.4. The highest BCUT2D eigenvalue weighted by Gasteiger charge is 2.17. The zero-order valence-electron chi connectivity index (χ0n) is 7.22. The molecule has 0 aliphatic rings. The maximum Gasteiger partial charge on any atom is 0.281 e. The summed E-state index contributed by atoms with van der Waals surface area (Å²) in [5.41, 5.74) is -0.318. The van der Waals surface area contributed by atoms with Gasteiger partial charge in [-0.3, -0.25) is 0 Å². The summed E-state index contributed by atoms with van der Waals surface area (Å²) in [6.45, 7) is 0. The normalized spacial score (nSPS) is 11.1. The molecule has 0 N–H and O–H groups in total. The highest BCUT2D eigenvalue weighted by molar-refractivity contribution is 5.15. The zero-order chi connectivity index (χ0) is 10.1. The van der Waals surface area contributed by atoms with Crippen LogP contribution >= 0.6 is 0 Å². The smallest absolute Gasteiger partial charge is 0.281 e. The first-order valence-electron chi connectivity index (χ1n) is 3.78. The van der Waals surface area contributed by atoms with Crippen LogP contribution in [0.2, 0.25) is 0 Å². The SMILES string of the molecule is Cn1cnnc1-n1nc[c]c1C(F)F. The second kappa shape index (κ2) is 3.17. The highest BCUT2D eigenvalue weighted by Crippen LogP contribution is 2.19. The van der Waals surface area contributed by atoms with E-state index in [1.807, 2.05) is 0 Å². The Kier molecular flexibility index (Phi) is 1.99. The molecule has 0 amide bonds. The molecule has 1 radical (unpaired) electrons. The van der Waals surface area contributed by atoms with Crippen molar-refractivity contribution in [3.05, 3.63) is 24.3 Å². The average Bonchev–Trinajstić information content (AvgIpc) is 2.70. The summed E-state index contributed by atoms with van der Waals surface area (Å²) < 4.78 is 27.4. The lowest BCUT2D eigenvalue weighted by molar-refractivity contribution is 0.142. The van der Waals surface area contributed by atoms with Gasteiger partial charge in [-0.1, -0.05) is 0 Å². The minimum atomic E-state index is -2.63. The molecule has 0 aliphatic carbocycles. The van der Waals surface area contributed by atoms with Gasteiger partial charge < -0.3 is 4.57 Å². The minimum Gasteiger partial charge on any atom is -0.301 e. The van der Waals surface area contributed by atoms with Crippen LogP contribution < -0.4 is 0 Å². The minimum absolute atomic E-state index is 0.238. The molecule has 0 aromatic carbocycles. The lowest BCUT2D eigenvalue weighted by Crippen LogP contribution is -2.08. The maximum absolute atomic E-state index is 12.4. The van der Waals surface area contributed by atoms with E-state index in [2.05, 4.69) is 21.4 Å². The summed E-state index contributed by atoms with van der Waals surface area (Å²) in [5, 5.41) is 10.9. The van der Waals surface area contributed by atoms with Crippen LogP contribution in [0.3, 0.4) is 0 Å². The Bertz CT molecular complexity index is 433. The van der Waals surface area contributed by atoms with Gasteiger partial charge in [-0.05, 0) is 0 Å². The van der Waals surface area contributed by atoms with Crippen LogP contribution in [0.15, 0.2) is 12.5 Å². The van der Waals surface area contributed by atoms with E-state index in [4.69, 9.17) is 0 Å². The van der Waals surface area contributed by atoms with E-state index in [1.54, 1.807) is 7.05 Å². The Morgan fingerprint density at radius 1 is 1.50 bits per heavy atom. The fourth-order valence-corrected chi connectivity index (χ4v) is 1.06. The molecule has 0 atom stereocenters. The van der Waals surface area contributed by atoms with E-state index in [1.165, 1.54) is 17.1 Å². The molecule has 73 valence electrons. The van der Waals surface area contributed by atoms with Crippen molar-refractivity contribution >= 4 is 0 Å². The van der Waals surface area contributed by atoms with Crippen molar-refractivity contribution < 1.29 is 8.78 Å². The van der Waals surface area contributed by atoms with Crippen LogP contribution in [-0.4, -0.2) is 24.5 Å². The molecule has 7 heteroatoms. The number of aromatic nitrogens is 5. The molecule has 2 heterocycles. The Balaban J connectivity index is 2.52. The highest BCUT2D eigenvalue weighted by atomic mass is 19.3. The second-order valence-corrected chi connectivity index (χ2v) is 2.63. The van der Waals surface area contributed by atoms with Gasteiger partial charge >= 0.3 is 0 Å². The van der Waals surface area contributed by atoms with Gasteiger partial charge in [0.15, 0.2) is 0 Å². The van der Waals surface area contributed by atoms with Crippen molar-refractivity contribution in [2.45, 2.75) is 6.43 Å². The predicted octanol–water partition coefficient (Wildman–Crippen LogP) is 0.739. The van der Waals surface area contributed by atoms with Gasteiger partial charge in [0.05, 0.1) is 6.20 Å². The topological polar surface area (TPSA) is 48.5 Å².